The largest absolute Gasteiger partial charge is 0.460 e. The van der Waals surface area contributed by atoms with Crippen molar-refractivity contribution in [3.63, 3.8) is 0 Å². The normalized spacial score (nSPS) is 14.2. The van der Waals surface area contributed by atoms with E-state index in [1.54, 1.807) is 12.4 Å². The zero-order valence-electron chi connectivity index (χ0n) is 20.7. The second-order valence-electron chi connectivity index (χ2n) is 8.95. The number of rotatable bonds is 13. The number of aryl methyl sites for hydroxylation is 1. The lowest BCUT2D eigenvalue weighted by Crippen LogP contribution is -2.69. The van der Waals surface area contributed by atoms with E-state index in [0.29, 0.717) is 5.56 Å². The minimum Gasteiger partial charge on any atom is -0.236 e. The van der Waals surface area contributed by atoms with E-state index in [4.69, 9.17) is 0 Å². The van der Waals surface area contributed by atoms with E-state index in [1.165, 1.54) is 12.1 Å². The third-order valence-corrected chi connectivity index (χ3v) is 5.89. The quantitative estimate of drug-likeness (QED) is 0.170. The molecule has 1 aromatic carbocycles. The van der Waals surface area contributed by atoms with Crippen molar-refractivity contribution in [2.45, 2.75) is 81.2 Å². The predicted molar refractivity (Wildman–Crippen MR) is 120 cm³/mol. The fraction of sp³-hybridized carbons (Fsp3) is 0.520. The zero-order chi connectivity index (χ0) is 30.6. The monoisotopic (exact) mass is 598 g/mol. The number of benzene rings is 1. The molecule has 2 nitrogen and oxygen atoms in total. The van der Waals surface area contributed by atoms with Crippen molar-refractivity contribution in [1.29, 1.82) is 0 Å². The second-order valence-corrected chi connectivity index (χ2v) is 8.95. The Kier molecular flexibility index (Phi) is 9.94. The van der Waals surface area contributed by atoms with Crippen molar-refractivity contribution in [2.24, 2.45) is 0 Å². The van der Waals surface area contributed by atoms with Crippen LogP contribution in [0.4, 0.5) is 57.1 Å². The maximum absolute atomic E-state index is 13.9. The summed E-state index contributed by atoms with van der Waals surface area (Å²) < 4.78 is 172. The zero-order valence-corrected chi connectivity index (χ0v) is 20.7. The Balaban J connectivity index is 2.18. The molecule has 0 saturated heterocycles. The van der Waals surface area contributed by atoms with E-state index >= 15 is 0 Å². The van der Waals surface area contributed by atoms with Gasteiger partial charge in [-0.2, -0.15) is 57.1 Å². The summed E-state index contributed by atoms with van der Waals surface area (Å²) in [6.07, 6.45) is 0.813. The van der Waals surface area contributed by atoms with Crippen LogP contribution in [-0.4, -0.2) is 45.8 Å². The maximum Gasteiger partial charge on any atom is 0.460 e. The Bertz CT molecular complexity index is 1120. The molecule has 0 fully saturated rings. The number of hydrogen-bond acceptors (Lipinski definition) is 2. The first-order valence-electron chi connectivity index (χ1n) is 11.8. The van der Waals surface area contributed by atoms with Crippen LogP contribution >= 0.6 is 0 Å². The summed E-state index contributed by atoms with van der Waals surface area (Å²) in [5.41, 5.74) is 0.821. The van der Waals surface area contributed by atoms with Gasteiger partial charge in [0.05, 0.1) is 0 Å². The minimum atomic E-state index is -7.93. The summed E-state index contributed by atoms with van der Waals surface area (Å²) in [7, 11) is 0. The molecule has 40 heavy (non-hydrogen) atoms. The van der Waals surface area contributed by atoms with Crippen LogP contribution in [0.5, 0.6) is 0 Å². The number of alkyl halides is 13. The topological polar surface area (TPSA) is 25.8 Å². The van der Waals surface area contributed by atoms with Gasteiger partial charge in [0.2, 0.25) is 0 Å². The van der Waals surface area contributed by atoms with Gasteiger partial charge in [0.1, 0.15) is 0 Å². The first-order valence-corrected chi connectivity index (χ1v) is 11.8. The average molecular weight is 598 g/mol. The van der Waals surface area contributed by atoms with Gasteiger partial charge in [-0.3, -0.25) is 0 Å². The van der Waals surface area contributed by atoms with Crippen LogP contribution in [0.15, 0.2) is 42.7 Å². The number of allylic oxidation sites excluding steroid dienone is 1. The molecule has 224 valence electrons. The Morgan fingerprint density at radius 3 is 1.62 bits per heavy atom. The van der Waals surface area contributed by atoms with E-state index < -0.39 is 41.9 Å². The van der Waals surface area contributed by atoms with Crippen molar-refractivity contribution in [3.05, 3.63) is 53.9 Å². The van der Waals surface area contributed by atoms with Crippen LogP contribution in [0.1, 0.15) is 50.2 Å². The number of halogens is 13. The molecule has 2 rings (SSSR count). The highest BCUT2D eigenvalue weighted by Gasteiger charge is 2.90. The van der Waals surface area contributed by atoms with E-state index in [0.717, 1.165) is 56.2 Å². The standard InChI is InChI=1S/C25H23F13N2/c1-2-3-4-5-6-7-17-14-39-19(40-15-17)18-10-8-16(9-11-18)12-13-20(26,27)21(28,29)22(30,31)23(32,33)24(34,35)25(36,37)38/h8-15H,2-7H2,1H3/b13-12+. The lowest BCUT2D eigenvalue weighted by molar-refractivity contribution is -0.436. The fourth-order valence-corrected chi connectivity index (χ4v) is 3.40. The van der Waals surface area contributed by atoms with Crippen LogP contribution in [0.3, 0.4) is 0 Å². The van der Waals surface area contributed by atoms with Crippen LogP contribution in [0.25, 0.3) is 17.5 Å². The highest BCUT2D eigenvalue weighted by molar-refractivity contribution is 5.60. The third kappa shape index (κ3) is 6.54. The van der Waals surface area contributed by atoms with E-state index in [9.17, 15) is 57.1 Å². The summed E-state index contributed by atoms with van der Waals surface area (Å²) in [6, 6.07) is 4.47. The Labute approximate surface area is 220 Å². The number of unbranched alkanes of at least 4 members (excludes halogenated alkanes) is 4. The lowest BCUT2D eigenvalue weighted by Gasteiger charge is -2.39. The molecular formula is C25H23F13N2. The molecule has 1 aromatic heterocycles. The number of aromatic nitrogens is 2. The average Bonchev–Trinajstić information content (AvgIpc) is 2.87. The summed E-state index contributed by atoms with van der Waals surface area (Å²) in [5.74, 6) is -37.0. The fourth-order valence-electron chi connectivity index (χ4n) is 3.40. The molecule has 0 aliphatic heterocycles. The van der Waals surface area contributed by atoms with Crippen LogP contribution in [0, 0.1) is 0 Å². The smallest absolute Gasteiger partial charge is 0.236 e. The molecule has 0 spiro atoms. The summed E-state index contributed by atoms with van der Waals surface area (Å²) >= 11 is 0. The summed E-state index contributed by atoms with van der Waals surface area (Å²) in [5, 5.41) is 0. The SMILES string of the molecule is CCCCCCCc1cnc(-c2ccc(/C=C/C(F)(F)C(F)(F)C(F)(F)C(F)(F)C(F)(F)C(F)(F)F)cc2)nc1. The Morgan fingerprint density at radius 1 is 0.625 bits per heavy atom. The second kappa shape index (κ2) is 11.9. The van der Waals surface area contributed by atoms with E-state index in [-0.39, 0.29) is 17.5 Å². The molecule has 0 amide bonds. The molecule has 0 N–H and O–H groups in total. The predicted octanol–water partition coefficient (Wildman–Crippen LogP) is 9.41. The highest BCUT2D eigenvalue weighted by Crippen LogP contribution is 2.60. The van der Waals surface area contributed by atoms with Crippen LogP contribution < -0.4 is 0 Å². The molecule has 15 heteroatoms. The summed E-state index contributed by atoms with van der Waals surface area (Å²) in [4.78, 5) is 8.31. The Hall–Kier alpha value is -2.87. The highest BCUT2D eigenvalue weighted by atomic mass is 19.4. The van der Waals surface area contributed by atoms with Crippen molar-refractivity contribution < 1.29 is 57.1 Å². The third-order valence-electron chi connectivity index (χ3n) is 5.89. The van der Waals surface area contributed by atoms with Gasteiger partial charge in [-0.05, 0) is 30.0 Å². The molecular weight excluding hydrogens is 575 g/mol. The van der Waals surface area contributed by atoms with Gasteiger partial charge in [-0.15, -0.1) is 0 Å². The van der Waals surface area contributed by atoms with Crippen molar-refractivity contribution in [2.75, 3.05) is 0 Å². The Morgan fingerprint density at radius 2 is 1.12 bits per heavy atom. The van der Waals surface area contributed by atoms with Crippen molar-refractivity contribution in [3.8, 4) is 11.4 Å². The molecule has 0 unspecified atom stereocenters. The number of hydrogen-bond donors (Lipinski definition) is 0. The molecule has 1 heterocycles. The molecule has 0 saturated carbocycles. The van der Waals surface area contributed by atoms with Gasteiger partial charge in [-0.1, -0.05) is 62.9 Å². The molecule has 0 aliphatic rings. The lowest BCUT2D eigenvalue weighted by atomic mass is 9.93. The molecule has 0 atom stereocenters. The van der Waals surface area contributed by atoms with Gasteiger partial charge >= 0.3 is 35.8 Å². The molecule has 0 radical (unpaired) electrons. The van der Waals surface area contributed by atoms with Gasteiger partial charge < -0.3 is 0 Å². The van der Waals surface area contributed by atoms with Gasteiger partial charge in [0, 0.05) is 18.0 Å². The van der Waals surface area contributed by atoms with Crippen LogP contribution in [-0.2, 0) is 6.42 Å². The first kappa shape index (κ1) is 33.3. The molecule has 0 aliphatic carbocycles. The van der Waals surface area contributed by atoms with Gasteiger partial charge in [0.15, 0.2) is 5.82 Å². The van der Waals surface area contributed by atoms with Gasteiger partial charge in [0.25, 0.3) is 0 Å². The molecule has 2 aromatic rings. The van der Waals surface area contributed by atoms with E-state index in [2.05, 4.69) is 16.9 Å². The van der Waals surface area contributed by atoms with Crippen molar-refractivity contribution in [1.82, 2.24) is 9.97 Å². The van der Waals surface area contributed by atoms with Gasteiger partial charge in [-0.25, -0.2) is 9.97 Å². The van der Waals surface area contributed by atoms with Crippen LogP contribution in [0.2, 0.25) is 0 Å². The number of nitrogens with zero attached hydrogens (tertiary/aromatic N) is 2. The van der Waals surface area contributed by atoms with Crippen molar-refractivity contribution >= 4 is 6.08 Å². The molecule has 0 bridgehead atoms. The first-order chi connectivity index (χ1) is 18.2. The maximum atomic E-state index is 13.9. The van der Waals surface area contributed by atoms with E-state index in [1.807, 2.05) is 0 Å². The minimum absolute atomic E-state index is 0.0797. The summed E-state index contributed by atoms with van der Waals surface area (Å²) in [6.45, 7) is 2.09.